The van der Waals surface area contributed by atoms with Crippen LogP contribution in [0.3, 0.4) is 0 Å². The Kier molecular flexibility index (Phi) is 3.69. The van der Waals surface area contributed by atoms with E-state index >= 15 is 0 Å². The van der Waals surface area contributed by atoms with E-state index in [1.54, 1.807) is 6.20 Å². The normalized spacial score (nSPS) is 28.1. The summed E-state index contributed by atoms with van der Waals surface area (Å²) in [6.45, 7) is 2.88. The molecule has 1 amide bonds. The fourth-order valence-electron chi connectivity index (χ4n) is 6.44. The van der Waals surface area contributed by atoms with Crippen molar-refractivity contribution in [3.8, 4) is 11.3 Å². The second kappa shape index (κ2) is 6.33. The van der Waals surface area contributed by atoms with Crippen molar-refractivity contribution in [3.05, 3.63) is 59.0 Å². The van der Waals surface area contributed by atoms with Crippen molar-refractivity contribution < 1.29 is 4.79 Å². The summed E-state index contributed by atoms with van der Waals surface area (Å²) >= 11 is 0. The summed E-state index contributed by atoms with van der Waals surface area (Å²) in [5.74, 6) is 1.49. The molecule has 2 aromatic heterocycles. The van der Waals surface area contributed by atoms with Gasteiger partial charge in [-0.15, -0.1) is 0 Å². The molecular formula is C26H29N5O. The molecule has 0 spiro atoms. The first-order chi connectivity index (χ1) is 15.6. The number of aromatic nitrogens is 4. The fourth-order valence-corrected chi connectivity index (χ4v) is 6.44. The number of nitrogens with zero attached hydrogens (tertiary/aromatic N) is 5. The van der Waals surface area contributed by atoms with Gasteiger partial charge in [-0.25, -0.2) is 0 Å². The summed E-state index contributed by atoms with van der Waals surface area (Å²) < 4.78 is 4.26. The molecule has 0 unspecified atom stereocenters. The van der Waals surface area contributed by atoms with Gasteiger partial charge in [-0.3, -0.25) is 14.2 Å². The van der Waals surface area contributed by atoms with Crippen LogP contribution in [0, 0.1) is 5.92 Å². The van der Waals surface area contributed by atoms with Gasteiger partial charge in [0, 0.05) is 30.6 Å². The summed E-state index contributed by atoms with van der Waals surface area (Å²) in [5, 5.41) is 9.67. The molecule has 4 aliphatic carbocycles. The fraction of sp³-hybridized carbons (Fsp3) is 0.500. The predicted octanol–water partition coefficient (Wildman–Crippen LogP) is 4.43. The smallest absolute Gasteiger partial charge is 0.257 e. The van der Waals surface area contributed by atoms with Gasteiger partial charge in [0.2, 0.25) is 0 Å². The lowest BCUT2D eigenvalue weighted by atomic mass is 9.50. The zero-order valence-corrected chi connectivity index (χ0v) is 18.8. The standard InChI is InChI=1S/C26H29N5O/c1-16-22-20(10-11-30(16)25(32)21-15-27-29(2)23(21)19-8-9-19)24(18-6-4-3-5-7-18)31(28-22)26-12-17(13-26)14-26/h3-7,15-17,19H,8-14H2,1-2H3/t16-,17?,26?/m0/s1. The first kappa shape index (κ1) is 18.7. The van der Waals surface area contributed by atoms with E-state index in [9.17, 15) is 4.79 Å². The van der Waals surface area contributed by atoms with Crippen LogP contribution in [-0.2, 0) is 19.0 Å². The molecule has 1 atom stereocenters. The van der Waals surface area contributed by atoms with Crippen LogP contribution in [0.2, 0.25) is 0 Å². The number of fused-ring (bicyclic) bond motifs is 1. The maximum absolute atomic E-state index is 13.7. The largest absolute Gasteiger partial charge is 0.330 e. The van der Waals surface area contributed by atoms with E-state index in [0.717, 1.165) is 48.7 Å². The first-order valence-electron chi connectivity index (χ1n) is 12.1. The average Bonchev–Trinajstić information content (AvgIpc) is 3.38. The molecule has 1 aromatic carbocycles. The molecule has 2 bridgehead atoms. The number of benzene rings is 1. The second-order valence-corrected chi connectivity index (χ2v) is 10.5. The molecule has 0 saturated heterocycles. The number of hydrogen-bond donors (Lipinski definition) is 0. The minimum Gasteiger partial charge on any atom is -0.330 e. The Balaban J connectivity index is 1.29. The van der Waals surface area contributed by atoms with Crippen molar-refractivity contribution in [1.82, 2.24) is 24.5 Å². The summed E-state index contributed by atoms with van der Waals surface area (Å²) in [6, 6.07) is 10.7. The average molecular weight is 428 g/mol. The van der Waals surface area contributed by atoms with E-state index in [-0.39, 0.29) is 17.5 Å². The summed E-state index contributed by atoms with van der Waals surface area (Å²) in [6.07, 6.45) is 8.71. The monoisotopic (exact) mass is 427 g/mol. The van der Waals surface area contributed by atoms with Crippen molar-refractivity contribution in [1.29, 1.82) is 0 Å². The van der Waals surface area contributed by atoms with Crippen molar-refractivity contribution >= 4 is 5.91 Å². The van der Waals surface area contributed by atoms with Gasteiger partial charge in [-0.1, -0.05) is 30.3 Å². The van der Waals surface area contributed by atoms with Gasteiger partial charge in [0.25, 0.3) is 5.91 Å². The molecule has 0 radical (unpaired) electrons. The van der Waals surface area contributed by atoms with E-state index in [2.05, 4.69) is 47.0 Å². The molecule has 6 heteroatoms. The quantitative estimate of drug-likeness (QED) is 0.619. The van der Waals surface area contributed by atoms with E-state index < -0.39 is 0 Å². The predicted molar refractivity (Wildman–Crippen MR) is 121 cm³/mol. The highest BCUT2D eigenvalue weighted by Crippen LogP contribution is 2.63. The minimum absolute atomic E-state index is 0.0328. The molecule has 1 aliphatic heterocycles. The number of carbonyl (C=O) groups excluding carboxylic acids is 1. The highest BCUT2D eigenvalue weighted by atomic mass is 16.2. The van der Waals surface area contributed by atoms with E-state index in [0.29, 0.717) is 5.92 Å². The summed E-state index contributed by atoms with van der Waals surface area (Å²) in [4.78, 5) is 15.7. The summed E-state index contributed by atoms with van der Waals surface area (Å²) in [7, 11) is 1.96. The maximum atomic E-state index is 13.7. The lowest BCUT2D eigenvalue weighted by molar-refractivity contribution is -0.0967. The van der Waals surface area contributed by atoms with Gasteiger partial charge in [0.15, 0.2) is 0 Å². The molecular weight excluding hydrogens is 398 g/mol. The lowest BCUT2D eigenvalue weighted by Gasteiger charge is -2.61. The summed E-state index contributed by atoms with van der Waals surface area (Å²) in [5.41, 5.74) is 7.07. The van der Waals surface area contributed by atoms with Crippen molar-refractivity contribution in [2.24, 2.45) is 13.0 Å². The van der Waals surface area contributed by atoms with Crippen LogP contribution in [0.5, 0.6) is 0 Å². The number of rotatable bonds is 4. The van der Waals surface area contributed by atoms with Crippen molar-refractivity contribution in [2.75, 3.05) is 6.54 Å². The molecule has 6 nitrogen and oxygen atoms in total. The van der Waals surface area contributed by atoms with Crippen LogP contribution in [0.25, 0.3) is 11.3 Å². The highest BCUT2D eigenvalue weighted by Gasteiger charge is 2.60. The molecule has 3 heterocycles. The van der Waals surface area contributed by atoms with E-state index in [1.807, 2.05) is 16.6 Å². The van der Waals surface area contributed by atoms with Gasteiger partial charge in [0.1, 0.15) is 0 Å². The van der Waals surface area contributed by atoms with Gasteiger partial charge in [0.05, 0.1) is 40.4 Å². The van der Waals surface area contributed by atoms with E-state index in [1.165, 1.54) is 36.1 Å². The Labute approximate surface area is 188 Å². The topological polar surface area (TPSA) is 56.0 Å². The molecule has 5 aliphatic rings. The SMILES string of the molecule is C[C@H]1c2nn(C34CC(C3)C4)c(-c3ccccc3)c2CCN1C(=O)c1cnn(C)c1C1CC1. The number of hydrogen-bond acceptors (Lipinski definition) is 3. The Morgan fingerprint density at radius 1 is 1.12 bits per heavy atom. The van der Waals surface area contributed by atoms with Gasteiger partial charge in [-0.05, 0) is 51.4 Å². The Morgan fingerprint density at radius 3 is 2.53 bits per heavy atom. The number of aryl methyl sites for hydroxylation is 1. The van der Waals surface area contributed by atoms with Crippen LogP contribution in [0.4, 0.5) is 0 Å². The third-order valence-corrected chi connectivity index (χ3v) is 8.42. The highest BCUT2D eigenvalue weighted by molar-refractivity contribution is 5.96. The molecule has 0 N–H and O–H groups in total. The Hall–Kier alpha value is -2.89. The Bertz CT molecular complexity index is 1220. The number of amides is 1. The number of carbonyl (C=O) groups is 1. The third-order valence-electron chi connectivity index (χ3n) is 8.42. The molecule has 32 heavy (non-hydrogen) atoms. The maximum Gasteiger partial charge on any atom is 0.257 e. The second-order valence-electron chi connectivity index (χ2n) is 10.5. The van der Waals surface area contributed by atoms with Crippen LogP contribution in [0.1, 0.15) is 78.3 Å². The van der Waals surface area contributed by atoms with Gasteiger partial charge >= 0.3 is 0 Å². The third kappa shape index (κ3) is 2.44. The lowest BCUT2D eigenvalue weighted by Crippen LogP contribution is -2.59. The minimum atomic E-state index is -0.0328. The zero-order valence-electron chi connectivity index (χ0n) is 18.8. The van der Waals surface area contributed by atoms with Crippen molar-refractivity contribution in [3.63, 3.8) is 0 Å². The van der Waals surface area contributed by atoms with E-state index in [4.69, 9.17) is 5.10 Å². The van der Waals surface area contributed by atoms with Gasteiger partial charge in [-0.2, -0.15) is 10.2 Å². The first-order valence-corrected chi connectivity index (χ1v) is 12.1. The van der Waals surface area contributed by atoms with Gasteiger partial charge < -0.3 is 4.90 Å². The van der Waals surface area contributed by atoms with Crippen LogP contribution in [0.15, 0.2) is 36.5 Å². The van der Waals surface area contributed by atoms with Crippen LogP contribution < -0.4 is 0 Å². The molecule has 4 saturated carbocycles. The molecule has 3 aromatic rings. The zero-order chi connectivity index (χ0) is 21.6. The van der Waals surface area contributed by atoms with Crippen molar-refractivity contribution in [2.45, 2.75) is 62.9 Å². The van der Waals surface area contributed by atoms with Crippen LogP contribution >= 0.6 is 0 Å². The molecule has 8 rings (SSSR count). The molecule has 164 valence electrons. The van der Waals surface area contributed by atoms with Crippen LogP contribution in [-0.4, -0.2) is 36.9 Å². The molecule has 4 fully saturated rings. The Morgan fingerprint density at radius 2 is 1.88 bits per heavy atom.